The molecule has 1 saturated carbocycles. The smallest absolute Gasteiger partial charge is 0.255 e. The number of hydrogen-bond donors (Lipinski definition) is 2. The third-order valence-corrected chi connectivity index (χ3v) is 6.05. The number of halogens is 1. The zero-order valence-corrected chi connectivity index (χ0v) is 18.0. The Morgan fingerprint density at radius 1 is 1.28 bits per heavy atom. The molecule has 0 bridgehead atoms. The van der Waals surface area contributed by atoms with E-state index in [4.69, 9.17) is 21.1 Å². The number of carbonyl (C=O) groups excluding carboxylic acids is 1. The van der Waals surface area contributed by atoms with Crippen molar-refractivity contribution in [2.75, 3.05) is 32.8 Å². The van der Waals surface area contributed by atoms with E-state index >= 15 is 0 Å². The van der Waals surface area contributed by atoms with E-state index in [2.05, 4.69) is 10.2 Å². The number of aliphatic hydroxyl groups excluding tert-OH is 1. The summed E-state index contributed by atoms with van der Waals surface area (Å²) in [5, 5.41) is 13.1. The number of nitrogens with one attached hydrogen (secondary N) is 1. The Hall–Kier alpha value is -1.34. The van der Waals surface area contributed by atoms with E-state index in [1.165, 1.54) is 25.7 Å². The number of piperidine rings is 1. The van der Waals surface area contributed by atoms with E-state index in [0.29, 0.717) is 22.9 Å². The molecule has 29 heavy (non-hydrogen) atoms. The maximum absolute atomic E-state index is 12.7. The zero-order valence-electron chi connectivity index (χ0n) is 17.2. The van der Waals surface area contributed by atoms with E-state index in [1.807, 2.05) is 6.92 Å². The first-order valence-corrected chi connectivity index (χ1v) is 11.2. The number of nitrogens with zero attached hydrogens (tertiary/aromatic N) is 1. The minimum atomic E-state index is -0.748. The van der Waals surface area contributed by atoms with Crippen LogP contribution in [0.15, 0.2) is 18.2 Å². The highest BCUT2D eigenvalue weighted by atomic mass is 35.5. The molecule has 3 rings (SSSR count). The summed E-state index contributed by atoms with van der Waals surface area (Å²) in [6, 6.07) is 5.87. The monoisotopic (exact) mass is 424 g/mol. The molecular formula is C22H33ClN2O4. The van der Waals surface area contributed by atoms with Crippen LogP contribution in [-0.4, -0.2) is 67.0 Å². The van der Waals surface area contributed by atoms with E-state index < -0.39 is 6.10 Å². The minimum absolute atomic E-state index is 0.101. The number of likely N-dealkylation sites (tertiary alicyclic amines) is 1. The molecule has 2 N–H and O–H groups in total. The Morgan fingerprint density at radius 2 is 2.00 bits per heavy atom. The highest BCUT2D eigenvalue weighted by Gasteiger charge is 2.28. The first-order valence-electron chi connectivity index (χ1n) is 10.8. The number of hydrogen-bond acceptors (Lipinski definition) is 5. The second-order valence-electron chi connectivity index (χ2n) is 7.96. The van der Waals surface area contributed by atoms with Crippen LogP contribution < -0.4 is 10.1 Å². The standard InChI is InChI=1S/C22H33ClN2O4/c1-2-28-15-18(26)14-24-22(27)20-13-16(23)7-8-21(20)29-19-9-11-25(12-10-19)17-5-3-4-6-17/h7-8,13,17-19,26H,2-6,9-12,14-15H2,1H3,(H,24,27). The molecule has 0 spiro atoms. The first kappa shape index (κ1) is 22.3. The fourth-order valence-corrected chi connectivity index (χ4v) is 4.38. The first-order chi connectivity index (χ1) is 14.1. The van der Waals surface area contributed by atoms with Gasteiger partial charge in [0.05, 0.1) is 18.3 Å². The van der Waals surface area contributed by atoms with Gasteiger partial charge in [-0.2, -0.15) is 0 Å². The van der Waals surface area contributed by atoms with Crippen molar-refractivity contribution in [2.45, 2.75) is 63.7 Å². The van der Waals surface area contributed by atoms with E-state index in [0.717, 1.165) is 32.0 Å². The number of ether oxygens (including phenoxy) is 2. The second-order valence-corrected chi connectivity index (χ2v) is 8.39. The summed E-state index contributed by atoms with van der Waals surface area (Å²) < 4.78 is 11.4. The summed E-state index contributed by atoms with van der Waals surface area (Å²) >= 11 is 6.12. The molecule has 2 fully saturated rings. The maximum atomic E-state index is 12.7. The lowest BCUT2D eigenvalue weighted by Crippen LogP contribution is -2.43. The minimum Gasteiger partial charge on any atom is -0.489 e. The number of carbonyl (C=O) groups is 1. The molecule has 1 aromatic rings. The molecule has 1 heterocycles. The van der Waals surface area contributed by atoms with Crippen LogP contribution >= 0.6 is 11.6 Å². The van der Waals surface area contributed by atoms with Gasteiger partial charge in [0.25, 0.3) is 5.91 Å². The molecule has 0 radical (unpaired) electrons. The second kappa shape index (κ2) is 11.2. The third-order valence-electron chi connectivity index (χ3n) is 5.81. The fourth-order valence-electron chi connectivity index (χ4n) is 4.21. The van der Waals surface area contributed by atoms with Gasteiger partial charge < -0.3 is 24.8 Å². The Balaban J connectivity index is 1.55. The van der Waals surface area contributed by atoms with E-state index in [1.54, 1.807) is 18.2 Å². The van der Waals surface area contributed by atoms with Gasteiger partial charge >= 0.3 is 0 Å². The maximum Gasteiger partial charge on any atom is 0.255 e. The molecular weight excluding hydrogens is 392 g/mol. The van der Waals surface area contributed by atoms with Gasteiger partial charge in [0.1, 0.15) is 11.9 Å². The summed E-state index contributed by atoms with van der Waals surface area (Å²) in [4.78, 5) is 15.3. The SMILES string of the molecule is CCOCC(O)CNC(=O)c1cc(Cl)ccc1OC1CCN(C2CCCC2)CC1. The average molecular weight is 425 g/mol. The molecule has 1 atom stereocenters. The summed E-state index contributed by atoms with van der Waals surface area (Å²) in [6.45, 7) is 4.79. The highest BCUT2D eigenvalue weighted by Crippen LogP contribution is 2.29. The zero-order chi connectivity index (χ0) is 20.6. The van der Waals surface area contributed by atoms with Gasteiger partial charge in [0.2, 0.25) is 0 Å². The Bertz CT molecular complexity index is 658. The van der Waals surface area contributed by atoms with Crippen molar-refractivity contribution in [3.8, 4) is 5.75 Å². The van der Waals surface area contributed by atoms with Crippen LogP contribution in [-0.2, 0) is 4.74 Å². The van der Waals surface area contributed by atoms with Crippen molar-refractivity contribution in [3.63, 3.8) is 0 Å². The normalized spacial score (nSPS) is 20.0. The van der Waals surface area contributed by atoms with Crippen LogP contribution in [0.1, 0.15) is 55.8 Å². The van der Waals surface area contributed by atoms with Crippen molar-refractivity contribution < 1.29 is 19.4 Å². The van der Waals surface area contributed by atoms with Gasteiger partial charge in [-0.3, -0.25) is 4.79 Å². The van der Waals surface area contributed by atoms with E-state index in [9.17, 15) is 9.90 Å². The largest absolute Gasteiger partial charge is 0.489 e. The molecule has 1 amide bonds. The van der Waals surface area contributed by atoms with Crippen LogP contribution in [0, 0.1) is 0 Å². The van der Waals surface area contributed by atoms with Crippen LogP contribution in [0.4, 0.5) is 0 Å². The summed E-state index contributed by atoms with van der Waals surface area (Å²) in [6.07, 6.45) is 6.63. The van der Waals surface area contributed by atoms with Crippen molar-refractivity contribution >= 4 is 17.5 Å². The third kappa shape index (κ3) is 6.57. The average Bonchev–Trinajstić information content (AvgIpc) is 3.27. The van der Waals surface area contributed by atoms with Gasteiger partial charge in [-0.15, -0.1) is 0 Å². The van der Waals surface area contributed by atoms with Gasteiger partial charge in [0, 0.05) is 37.3 Å². The molecule has 0 aromatic heterocycles. The Morgan fingerprint density at radius 3 is 2.69 bits per heavy atom. The van der Waals surface area contributed by atoms with Gasteiger partial charge in [0.15, 0.2) is 0 Å². The van der Waals surface area contributed by atoms with Crippen LogP contribution in [0.5, 0.6) is 5.75 Å². The predicted octanol–water partition coefficient (Wildman–Crippen LogP) is 3.25. The van der Waals surface area contributed by atoms with Crippen molar-refractivity contribution in [3.05, 3.63) is 28.8 Å². The quantitative estimate of drug-likeness (QED) is 0.636. The van der Waals surface area contributed by atoms with Crippen LogP contribution in [0.2, 0.25) is 5.02 Å². The predicted molar refractivity (Wildman–Crippen MR) is 114 cm³/mol. The topological polar surface area (TPSA) is 71.0 Å². The lowest BCUT2D eigenvalue weighted by molar-refractivity contribution is 0.0417. The lowest BCUT2D eigenvalue weighted by atomic mass is 10.0. The molecule has 1 aromatic carbocycles. The molecule has 1 aliphatic heterocycles. The number of aliphatic hydroxyl groups is 1. The van der Waals surface area contributed by atoms with Crippen LogP contribution in [0.25, 0.3) is 0 Å². The summed E-state index contributed by atoms with van der Waals surface area (Å²) in [7, 11) is 0. The van der Waals surface area contributed by atoms with Crippen molar-refractivity contribution in [2.24, 2.45) is 0 Å². The Labute approximate surface area is 178 Å². The molecule has 2 aliphatic rings. The van der Waals surface area contributed by atoms with Crippen molar-refractivity contribution in [1.82, 2.24) is 10.2 Å². The lowest BCUT2D eigenvalue weighted by Gasteiger charge is -2.36. The molecule has 1 unspecified atom stereocenters. The fraction of sp³-hybridized carbons (Fsp3) is 0.682. The van der Waals surface area contributed by atoms with Crippen molar-refractivity contribution in [1.29, 1.82) is 0 Å². The molecule has 162 valence electrons. The number of benzene rings is 1. The number of rotatable bonds is 9. The highest BCUT2D eigenvalue weighted by molar-refractivity contribution is 6.31. The molecule has 7 heteroatoms. The summed E-state index contributed by atoms with van der Waals surface area (Å²) in [5.41, 5.74) is 0.402. The molecule has 1 aliphatic carbocycles. The summed E-state index contributed by atoms with van der Waals surface area (Å²) in [5.74, 6) is 0.243. The molecule has 1 saturated heterocycles. The Kier molecular flexibility index (Phi) is 8.60. The number of amides is 1. The molecule has 6 nitrogen and oxygen atoms in total. The van der Waals surface area contributed by atoms with Gasteiger partial charge in [-0.1, -0.05) is 24.4 Å². The van der Waals surface area contributed by atoms with Crippen LogP contribution in [0.3, 0.4) is 0 Å². The van der Waals surface area contributed by atoms with E-state index in [-0.39, 0.29) is 25.2 Å². The van der Waals surface area contributed by atoms with Gasteiger partial charge in [-0.25, -0.2) is 0 Å². The van der Waals surface area contributed by atoms with Gasteiger partial charge in [-0.05, 0) is 50.8 Å².